The second kappa shape index (κ2) is 17.5. The van der Waals surface area contributed by atoms with Crippen molar-refractivity contribution in [1.82, 2.24) is 0 Å². The molecule has 0 N–H and O–H groups in total. The maximum Gasteiger partial charge on any atom is 0.318 e. The topological polar surface area (TPSA) is 52.6 Å². The van der Waals surface area contributed by atoms with Gasteiger partial charge in [0, 0.05) is 16.7 Å². The first kappa shape index (κ1) is 38.4. The van der Waals surface area contributed by atoms with E-state index in [9.17, 15) is 9.59 Å². The Kier molecular flexibility index (Phi) is 13.7. The van der Waals surface area contributed by atoms with E-state index in [4.69, 9.17) is 9.47 Å². The zero-order chi connectivity index (χ0) is 35.7. The van der Waals surface area contributed by atoms with Crippen LogP contribution in [-0.4, -0.2) is 17.4 Å². The molecule has 0 saturated heterocycles. The highest BCUT2D eigenvalue weighted by molar-refractivity contribution is 6.09. The van der Waals surface area contributed by atoms with Crippen molar-refractivity contribution in [3.8, 4) is 11.5 Å². The summed E-state index contributed by atoms with van der Waals surface area (Å²) in [5.41, 5.74) is 5.90. The minimum atomic E-state index is -0.529. The van der Waals surface area contributed by atoms with Crippen LogP contribution in [-0.2, 0) is 11.2 Å². The van der Waals surface area contributed by atoms with Gasteiger partial charge in [-0.2, -0.15) is 0 Å². The molecular weight excluding hydrogens is 604 g/mol. The molecule has 0 aliphatic carbocycles. The smallest absolute Gasteiger partial charge is 0.318 e. The highest BCUT2D eigenvalue weighted by Gasteiger charge is 2.35. The first-order valence-corrected chi connectivity index (χ1v) is 19.0. The van der Waals surface area contributed by atoms with E-state index in [1.807, 2.05) is 62.4 Å². The molecule has 1 aliphatic rings. The monoisotopic (exact) mass is 666 g/mol. The molecule has 49 heavy (non-hydrogen) atoms. The molecule has 0 fully saturated rings. The van der Waals surface area contributed by atoms with Crippen LogP contribution in [0.1, 0.15) is 155 Å². The molecule has 3 aromatic rings. The summed E-state index contributed by atoms with van der Waals surface area (Å²) in [6.45, 7) is 19.8. The summed E-state index contributed by atoms with van der Waals surface area (Å²) in [5, 5.41) is 0. The molecule has 4 heteroatoms. The molecule has 0 spiro atoms. The molecule has 4 atom stereocenters. The summed E-state index contributed by atoms with van der Waals surface area (Å²) in [4.78, 5) is 26.6. The number of esters is 1. The largest absolute Gasteiger partial charge is 0.487 e. The van der Waals surface area contributed by atoms with Crippen LogP contribution < -0.4 is 9.47 Å². The molecule has 266 valence electrons. The van der Waals surface area contributed by atoms with E-state index in [1.54, 1.807) is 6.07 Å². The van der Waals surface area contributed by atoms with Crippen molar-refractivity contribution in [2.24, 2.45) is 17.8 Å². The fraction of sp³-hybridized carbons (Fsp3) is 0.556. The van der Waals surface area contributed by atoms with Crippen molar-refractivity contribution in [1.29, 1.82) is 0 Å². The number of ketones is 1. The molecule has 0 bridgehead atoms. The van der Waals surface area contributed by atoms with Crippen LogP contribution in [0, 0.1) is 38.5 Å². The molecule has 0 aromatic heterocycles. The molecule has 1 heterocycles. The van der Waals surface area contributed by atoms with Crippen molar-refractivity contribution in [3.05, 3.63) is 93.5 Å². The van der Waals surface area contributed by atoms with Gasteiger partial charge >= 0.3 is 5.97 Å². The first-order chi connectivity index (χ1) is 23.3. The van der Waals surface area contributed by atoms with Crippen molar-refractivity contribution < 1.29 is 19.1 Å². The van der Waals surface area contributed by atoms with Crippen LogP contribution in [0.5, 0.6) is 11.5 Å². The summed E-state index contributed by atoms with van der Waals surface area (Å²) in [6.07, 6.45) is 13.5. The standard InChI is InChI=1S/C45H62O4/c1-30(2)17-13-18-31(3)19-14-20-32(4)21-16-27-45(9)28-26-40-36(8)42(33(5)34(6)43(40)49-45)48-44(47)35(7)38-24-15-25-39(29-38)41(46)37-22-11-10-12-23-37/h10-12,15,22-25,29-32,35H,13-14,16-21,26-28H2,1-9H3/t31-,32-,35?,45-/m1/s1. The SMILES string of the molecule is Cc1c(C)c2c(c(C)c1OC(=O)C(C)c1cccc(C(=O)c3ccccc3)c1)CC[C@@](C)(CCC[C@H](C)CCC[C@H](C)CCCC(C)C)O2. The third-order valence-corrected chi connectivity index (χ3v) is 11.1. The summed E-state index contributed by atoms with van der Waals surface area (Å²) >= 11 is 0. The number of rotatable bonds is 17. The lowest BCUT2D eigenvalue weighted by Crippen LogP contribution is -2.37. The van der Waals surface area contributed by atoms with E-state index < -0.39 is 5.92 Å². The van der Waals surface area contributed by atoms with Gasteiger partial charge in [-0.1, -0.05) is 121 Å². The number of benzene rings is 3. The van der Waals surface area contributed by atoms with E-state index in [-0.39, 0.29) is 17.4 Å². The zero-order valence-corrected chi connectivity index (χ0v) is 31.9. The van der Waals surface area contributed by atoms with Gasteiger partial charge in [-0.05, 0) is 106 Å². The summed E-state index contributed by atoms with van der Waals surface area (Å²) in [5.74, 6) is 3.11. The Balaban J connectivity index is 1.33. The van der Waals surface area contributed by atoms with Gasteiger partial charge in [-0.25, -0.2) is 0 Å². The number of ether oxygens (including phenoxy) is 2. The third kappa shape index (κ3) is 10.3. The van der Waals surface area contributed by atoms with Crippen LogP contribution in [0.4, 0.5) is 0 Å². The molecule has 3 aromatic carbocycles. The lowest BCUT2D eigenvalue weighted by Gasteiger charge is -2.38. The molecule has 0 saturated carbocycles. The van der Waals surface area contributed by atoms with Gasteiger partial charge in [0.2, 0.25) is 0 Å². The molecule has 4 rings (SSSR count). The average molecular weight is 667 g/mol. The number of carbonyl (C=O) groups is 2. The molecular formula is C45H62O4. The van der Waals surface area contributed by atoms with Gasteiger partial charge in [-0.15, -0.1) is 0 Å². The van der Waals surface area contributed by atoms with Crippen LogP contribution >= 0.6 is 0 Å². The number of hydrogen-bond donors (Lipinski definition) is 0. The van der Waals surface area contributed by atoms with E-state index >= 15 is 0 Å². The zero-order valence-electron chi connectivity index (χ0n) is 31.9. The summed E-state index contributed by atoms with van der Waals surface area (Å²) in [6, 6.07) is 16.5. The predicted octanol–water partition coefficient (Wildman–Crippen LogP) is 12.1. The highest BCUT2D eigenvalue weighted by Crippen LogP contribution is 2.45. The summed E-state index contributed by atoms with van der Waals surface area (Å²) in [7, 11) is 0. The molecule has 1 aliphatic heterocycles. The van der Waals surface area contributed by atoms with Gasteiger partial charge < -0.3 is 9.47 Å². The van der Waals surface area contributed by atoms with Gasteiger partial charge in [0.25, 0.3) is 0 Å². The Labute approximate surface area is 297 Å². The summed E-state index contributed by atoms with van der Waals surface area (Å²) < 4.78 is 13.0. The Hall–Kier alpha value is -3.40. The van der Waals surface area contributed by atoms with Gasteiger partial charge in [-0.3, -0.25) is 9.59 Å². The van der Waals surface area contributed by atoms with Crippen LogP contribution in [0.2, 0.25) is 0 Å². The first-order valence-electron chi connectivity index (χ1n) is 19.0. The van der Waals surface area contributed by atoms with E-state index in [0.29, 0.717) is 16.9 Å². The van der Waals surface area contributed by atoms with Crippen LogP contribution in [0.3, 0.4) is 0 Å². The van der Waals surface area contributed by atoms with E-state index in [1.165, 1.54) is 51.4 Å². The predicted molar refractivity (Wildman–Crippen MR) is 203 cm³/mol. The van der Waals surface area contributed by atoms with Gasteiger partial charge in [0.15, 0.2) is 5.78 Å². The maximum absolute atomic E-state index is 13.5. The van der Waals surface area contributed by atoms with E-state index in [0.717, 1.165) is 70.6 Å². The van der Waals surface area contributed by atoms with Gasteiger partial charge in [0.1, 0.15) is 17.1 Å². The molecule has 1 unspecified atom stereocenters. The molecule has 0 radical (unpaired) electrons. The quantitative estimate of drug-likeness (QED) is 0.0817. The highest BCUT2D eigenvalue weighted by atomic mass is 16.5. The maximum atomic E-state index is 13.5. The normalized spacial score (nSPS) is 17.6. The Bertz CT molecular complexity index is 1550. The number of fused-ring (bicyclic) bond motifs is 1. The molecule has 0 amide bonds. The second-order valence-electron chi connectivity index (χ2n) is 15.9. The van der Waals surface area contributed by atoms with Crippen molar-refractivity contribution >= 4 is 11.8 Å². The minimum absolute atomic E-state index is 0.0607. The van der Waals surface area contributed by atoms with Crippen molar-refractivity contribution in [2.75, 3.05) is 0 Å². The second-order valence-corrected chi connectivity index (χ2v) is 15.9. The third-order valence-electron chi connectivity index (χ3n) is 11.1. The van der Waals surface area contributed by atoms with Crippen LogP contribution in [0.25, 0.3) is 0 Å². The number of carbonyl (C=O) groups excluding carboxylic acids is 2. The Morgan fingerprint density at radius 2 is 1.37 bits per heavy atom. The van der Waals surface area contributed by atoms with Crippen molar-refractivity contribution in [3.63, 3.8) is 0 Å². The average Bonchev–Trinajstić information content (AvgIpc) is 3.08. The van der Waals surface area contributed by atoms with Gasteiger partial charge in [0.05, 0.1) is 5.92 Å². The van der Waals surface area contributed by atoms with Crippen molar-refractivity contribution in [2.45, 2.75) is 144 Å². The van der Waals surface area contributed by atoms with E-state index in [2.05, 4.69) is 48.5 Å². The fourth-order valence-electron chi connectivity index (χ4n) is 7.44. The van der Waals surface area contributed by atoms with Crippen LogP contribution in [0.15, 0.2) is 54.6 Å². The Morgan fingerprint density at radius 3 is 2.02 bits per heavy atom. The molecule has 4 nitrogen and oxygen atoms in total. The lowest BCUT2D eigenvalue weighted by atomic mass is 9.83. The lowest BCUT2D eigenvalue weighted by molar-refractivity contribution is -0.135. The number of hydrogen-bond acceptors (Lipinski definition) is 4. The minimum Gasteiger partial charge on any atom is -0.487 e. The fourth-order valence-corrected chi connectivity index (χ4v) is 7.44. The Morgan fingerprint density at radius 1 is 0.755 bits per heavy atom.